The number of ketones is 1. The summed E-state index contributed by atoms with van der Waals surface area (Å²) in [5, 5.41) is 34.6. The smallest absolute Gasteiger partial charge is 0.249 e. The van der Waals surface area contributed by atoms with Gasteiger partial charge in [-0.05, 0) is 123 Å². The van der Waals surface area contributed by atoms with Crippen molar-refractivity contribution in [2.24, 2.45) is 29.6 Å². The summed E-state index contributed by atoms with van der Waals surface area (Å²) in [7, 11) is 9.63. The number of nitrogens with zero attached hydrogens (tertiary/aromatic N) is 7. The largest absolute Gasteiger partial charge is 0.390 e. The van der Waals surface area contributed by atoms with E-state index in [2.05, 4.69) is 21.3 Å². The molecular weight excluding hydrogens is 1230 g/mol. The van der Waals surface area contributed by atoms with Gasteiger partial charge in [0.1, 0.15) is 72.2 Å². The molecule has 0 radical (unpaired) electrons. The Morgan fingerprint density at radius 2 is 1.05 bits per heavy atom. The number of hydrogen-bond donors (Lipinski definition) is 6. The van der Waals surface area contributed by atoms with Gasteiger partial charge in [-0.1, -0.05) is 93.0 Å². The average Bonchev–Trinajstić information content (AvgIpc) is 0.810. The molecule has 1 aliphatic heterocycles. The van der Waals surface area contributed by atoms with Crippen LogP contribution in [0.4, 0.5) is 0 Å². The lowest BCUT2D eigenvalue weighted by atomic mass is 9.91. The lowest BCUT2D eigenvalue weighted by Gasteiger charge is -2.41. The van der Waals surface area contributed by atoms with E-state index in [1.807, 2.05) is 27.7 Å². The predicted octanol–water partition coefficient (Wildman–Crippen LogP) is 3.78. The van der Waals surface area contributed by atoms with E-state index in [9.17, 15) is 39.0 Å². The van der Waals surface area contributed by atoms with Crippen LogP contribution < -0.4 is 21.3 Å². The summed E-state index contributed by atoms with van der Waals surface area (Å²) in [6.45, 7) is 29.8. The Bertz CT molecular complexity index is 2670. The first kappa shape index (κ1) is 85.6. The number of carbonyl (C=O) groups is 12. The Morgan fingerprint density at radius 1 is 0.564 bits per heavy atom. The number of likely N-dealkylation sites (N-methyl/N-ethyl adjacent to an activating group) is 7. The number of aliphatic hydroxyl groups excluding tert-OH is 1. The second-order valence-corrected chi connectivity index (χ2v) is 29.3. The van der Waals surface area contributed by atoms with Gasteiger partial charge < -0.3 is 70.6 Å². The minimum Gasteiger partial charge on any atom is -0.390 e. The highest BCUT2D eigenvalue weighted by atomic mass is 32.2. The number of aliphatic hydroxyl groups is 2. The van der Waals surface area contributed by atoms with Crippen molar-refractivity contribution in [3.63, 3.8) is 0 Å². The maximum Gasteiger partial charge on any atom is 0.249 e. The zero-order chi connectivity index (χ0) is 72.9. The molecule has 0 aromatic heterocycles. The quantitative estimate of drug-likeness (QED) is 0.0747. The molecule has 536 valence electrons. The molecule has 94 heavy (non-hydrogen) atoms. The zero-order valence-corrected chi connectivity index (χ0v) is 62.1. The molecule has 1 heterocycles. The van der Waals surface area contributed by atoms with Gasteiger partial charge in [0.05, 0.1) is 11.7 Å². The van der Waals surface area contributed by atoms with Crippen LogP contribution in [0.3, 0.4) is 0 Å². The molecule has 1 fully saturated rings. The summed E-state index contributed by atoms with van der Waals surface area (Å²) >= 11 is 1.26. The van der Waals surface area contributed by atoms with Crippen LogP contribution in [0.25, 0.3) is 0 Å². The van der Waals surface area contributed by atoms with Crippen LogP contribution in [0.15, 0.2) is 23.8 Å². The second kappa shape index (κ2) is 39.0. The molecule has 0 unspecified atom stereocenters. The summed E-state index contributed by atoms with van der Waals surface area (Å²) < 4.78 is 0. The highest BCUT2D eigenvalue weighted by Crippen LogP contribution is 2.26. The molecule has 0 aliphatic carbocycles. The number of amides is 11. The van der Waals surface area contributed by atoms with E-state index < -0.39 is 161 Å². The van der Waals surface area contributed by atoms with Gasteiger partial charge in [0.25, 0.3) is 0 Å². The molecule has 0 aromatic carbocycles. The van der Waals surface area contributed by atoms with Gasteiger partial charge in [0, 0.05) is 67.9 Å². The van der Waals surface area contributed by atoms with Crippen molar-refractivity contribution in [3.05, 3.63) is 23.8 Å². The first-order valence-electron chi connectivity index (χ1n) is 33.1. The van der Waals surface area contributed by atoms with Crippen molar-refractivity contribution in [1.82, 2.24) is 55.6 Å². The maximum atomic E-state index is 15.3. The average molecular weight is 1350 g/mol. The number of allylic oxidation sites excluding steroid dienone is 3. The monoisotopic (exact) mass is 1350 g/mol. The van der Waals surface area contributed by atoms with Gasteiger partial charge in [-0.15, -0.1) is 0 Å². The van der Waals surface area contributed by atoms with E-state index in [1.165, 1.54) is 110 Å². The first-order valence-corrected chi connectivity index (χ1v) is 34.3. The van der Waals surface area contributed by atoms with E-state index in [-0.39, 0.29) is 61.9 Å². The molecule has 13 atom stereocenters. The van der Waals surface area contributed by atoms with Crippen molar-refractivity contribution in [1.29, 1.82) is 0 Å². The SMILES string of the molecule is C/C=C/C[C@@H](C)[C@@H](O)[C@H]1C(=O)N[C@@H](CC)C(=O)N(C)[C@H](CSCCCC(C)=O)C(=O)N(C)[C@@H](CC(C)(C)O)C(=O)N[C@H](C(C)C)C(=O)N(C)[C@H](CC(C)C)C(=O)N[C@H](C)C(=O)N[C@@H](C)C(=O)N(C)[C@@H](C=C(C)C)C(=O)N(C)[C@@H](CC(C)C)C(=O)N(C)[C@@H](C(C)C)C(=O)N1C. The number of Topliss-reactive ketones (excluding diaryl/α,β-unsaturated/α-hetero) is 1. The van der Waals surface area contributed by atoms with E-state index >= 15 is 28.8 Å². The maximum absolute atomic E-state index is 15.3. The first-order chi connectivity index (χ1) is 43.3. The van der Waals surface area contributed by atoms with Gasteiger partial charge in [-0.25, -0.2) is 0 Å². The summed E-state index contributed by atoms with van der Waals surface area (Å²) in [6.07, 6.45) is 4.26. The summed E-state index contributed by atoms with van der Waals surface area (Å²) in [6, 6.07) is -14.9. The van der Waals surface area contributed by atoms with E-state index in [4.69, 9.17) is 0 Å². The third kappa shape index (κ3) is 25.0. The molecule has 0 bridgehead atoms. The lowest BCUT2D eigenvalue weighted by molar-refractivity contribution is -0.157. The van der Waals surface area contributed by atoms with E-state index in [1.54, 1.807) is 80.5 Å². The number of hydrogen-bond acceptors (Lipinski definition) is 15. The Balaban J connectivity index is 4.58. The third-order valence-electron chi connectivity index (χ3n) is 17.2. The Kier molecular flexibility index (Phi) is 35.5. The molecule has 6 N–H and O–H groups in total. The van der Waals surface area contributed by atoms with Gasteiger partial charge in [-0.2, -0.15) is 11.8 Å². The van der Waals surface area contributed by atoms with E-state index in [0.717, 1.165) is 19.6 Å². The van der Waals surface area contributed by atoms with Crippen LogP contribution in [0.2, 0.25) is 0 Å². The number of carbonyl (C=O) groups excluding carboxylic acids is 12. The number of rotatable bonds is 20. The summed E-state index contributed by atoms with van der Waals surface area (Å²) in [5.74, 6) is -10.4. The molecule has 1 saturated heterocycles. The van der Waals surface area contributed by atoms with Crippen molar-refractivity contribution in [3.8, 4) is 0 Å². The highest BCUT2D eigenvalue weighted by molar-refractivity contribution is 7.99. The molecule has 1 rings (SSSR count). The van der Waals surface area contributed by atoms with Crippen molar-refractivity contribution in [2.75, 3.05) is 60.8 Å². The van der Waals surface area contributed by atoms with Gasteiger partial charge in [0.15, 0.2) is 0 Å². The third-order valence-corrected chi connectivity index (χ3v) is 18.3. The molecular formula is C68H119N11O14S. The van der Waals surface area contributed by atoms with Crippen molar-refractivity contribution >= 4 is 82.5 Å². The van der Waals surface area contributed by atoms with Gasteiger partial charge >= 0.3 is 0 Å². The lowest BCUT2D eigenvalue weighted by Crippen LogP contribution is -2.64. The van der Waals surface area contributed by atoms with Gasteiger partial charge in [0.2, 0.25) is 65.0 Å². The molecule has 1 aliphatic rings. The fourth-order valence-corrected chi connectivity index (χ4v) is 12.5. The van der Waals surface area contributed by atoms with Crippen LogP contribution in [0, 0.1) is 29.6 Å². The summed E-state index contributed by atoms with van der Waals surface area (Å²) in [4.78, 5) is 184. The van der Waals surface area contributed by atoms with Crippen LogP contribution in [-0.2, 0) is 57.5 Å². The molecule has 0 aromatic rings. The van der Waals surface area contributed by atoms with Crippen LogP contribution in [-0.4, -0.2) is 254 Å². The Morgan fingerprint density at radius 3 is 1.54 bits per heavy atom. The molecule has 0 saturated carbocycles. The Labute approximate surface area is 565 Å². The number of nitrogens with one attached hydrogen (secondary N) is 4. The second-order valence-electron chi connectivity index (χ2n) is 28.1. The fraction of sp³-hybridized carbons (Fsp3) is 0.765. The minimum atomic E-state index is -1.69. The number of thioether (sulfide) groups is 1. The van der Waals surface area contributed by atoms with Crippen LogP contribution in [0.1, 0.15) is 170 Å². The normalized spacial score (nSPS) is 26.2. The standard InChI is InChI=1S/C68H119N11O14S/c1-26-28-30-43(13)56(81)55-60(85)71-47(27-2)62(87)77(23)52(37-94-32-29-31-44(14)80)65(90)76(22)51(36-68(17,18)93)59(84)72-53(41(9)10)66(91)73(19)48(33-38(3)4)58(83)69-45(15)57(82)70-46(16)61(86)74(20)49(34-39(5)6)63(88)75(21)50(35-40(7)8)64(89)78(24)54(42(11)12)67(92)79(55)25/h26,28,34,38,40-43,45-56,81,93H,27,29-33,35-37H2,1-25H3,(H,69,83)(H,70,82)(H,71,85)(H,72,84)/b28-26+/t43-,45-,46+,47+,48-,49+,50+,51+,52-,53-,54+,55+,56-/m1/s1. The minimum absolute atomic E-state index is 0.0508. The predicted molar refractivity (Wildman–Crippen MR) is 366 cm³/mol. The molecule has 0 spiro atoms. The zero-order valence-electron chi connectivity index (χ0n) is 61.2. The van der Waals surface area contributed by atoms with Gasteiger partial charge in [-0.3, -0.25) is 52.7 Å². The summed E-state index contributed by atoms with van der Waals surface area (Å²) in [5.41, 5.74) is -0.978. The Hall–Kier alpha value is -6.41. The highest BCUT2D eigenvalue weighted by Gasteiger charge is 2.46. The van der Waals surface area contributed by atoms with Crippen molar-refractivity contribution in [2.45, 2.75) is 248 Å². The molecule has 11 amide bonds. The van der Waals surface area contributed by atoms with Crippen LogP contribution in [0.5, 0.6) is 0 Å². The van der Waals surface area contributed by atoms with E-state index in [0.29, 0.717) is 17.7 Å². The van der Waals surface area contributed by atoms with Crippen LogP contribution >= 0.6 is 11.8 Å². The topological polar surface area (TPSA) is 316 Å². The fourth-order valence-electron chi connectivity index (χ4n) is 11.3. The molecule has 25 nitrogen and oxygen atoms in total. The molecule has 26 heteroatoms. The van der Waals surface area contributed by atoms with Crippen molar-refractivity contribution < 1.29 is 67.7 Å².